The van der Waals surface area contributed by atoms with Crippen LogP contribution in [0.25, 0.3) is 0 Å². The molecule has 0 aliphatic carbocycles. The Balaban J connectivity index is 1.88. The molecular formula is C23H24N2O3S2. The highest BCUT2D eigenvalue weighted by Gasteiger charge is 2.26. The molecule has 7 heteroatoms. The molecule has 0 bridgehead atoms. The van der Waals surface area contributed by atoms with Crippen LogP contribution in [-0.2, 0) is 21.2 Å². The quantitative estimate of drug-likeness (QED) is 0.514. The molecule has 0 aliphatic rings. The molecule has 0 radical (unpaired) electrons. The molecule has 3 aromatic carbocycles. The van der Waals surface area contributed by atoms with Gasteiger partial charge in [0.2, 0.25) is 15.9 Å². The van der Waals surface area contributed by atoms with Crippen molar-refractivity contribution >= 4 is 33.4 Å². The molecule has 3 aromatic rings. The molecule has 0 aromatic heterocycles. The van der Waals surface area contributed by atoms with Gasteiger partial charge in [0.1, 0.15) is 6.04 Å². The average Bonchev–Trinajstić information content (AvgIpc) is 2.74. The standard InChI is InChI=1S/C23H24N2O3S2/c1-17-12-14-19(15-13-17)30(27,28)25-21(16-18-8-4-3-5-9-18)23(26)24-20-10-6-7-11-22(20)29-2/h3-15,21,25H,16H2,1-2H3,(H,24,26)/t21-/m0/s1. The number of carbonyl (C=O) groups excluding carboxylic acids is 1. The molecule has 0 aliphatic heterocycles. The Kier molecular flexibility index (Phi) is 7.31. The average molecular weight is 441 g/mol. The van der Waals surface area contributed by atoms with Crippen LogP contribution in [-0.4, -0.2) is 26.6 Å². The van der Waals surface area contributed by atoms with E-state index in [1.807, 2.05) is 61.7 Å². The lowest BCUT2D eigenvalue weighted by molar-refractivity contribution is -0.117. The van der Waals surface area contributed by atoms with Crippen LogP contribution in [0.5, 0.6) is 0 Å². The van der Waals surface area contributed by atoms with Gasteiger partial charge in [0, 0.05) is 4.90 Å². The Morgan fingerprint density at radius 3 is 2.23 bits per heavy atom. The Hall–Kier alpha value is -2.61. The molecule has 5 nitrogen and oxygen atoms in total. The molecule has 1 amide bonds. The van der Waals surface area contributed by atoms with E-state index in [-0.39, 0.29) is 11.3 Å². The third-order valence-corrected chi connectivity index (χ3v) is 6.88. The molecule has 2 N–H and O–H groups in total. The number of carbonyl (C=O) groups is 1. The van der Waals surface area contributed by atoms with Gasteiger partial charge in [-0.2, -0.15) is 4.72 Å². The third-order valence-electron chi connectivity index (χ3n) is 4.59. The highest BCUT2D eigenvalue weighted by molar-refractivity contribution is 7.98. The molecule has 0 heterocycles. The van der Waals surface area contributed by atoms with Crippen molar-refractivity contribution in [2.75, 3.05) is 11.6 Å². The number of para-hydroxylation sites is 1. The van der Waals surface area contributed by atoms with Gasteiger partial charge in [-0.15, -0.1) is 11.8 Å². The summed E-state index contributed by atoms with van der Waals surface area (Å²) in [6, 6.07) is 22.4. The minimum absolute atomic E-state index is 0.128. The van der Waals surface area contributed by atoms with E-state index in [2.05, 4.69) is 10.0 Å². The van der Waals surface area contributed by atoms with Crippen molar-refractivity contribution in [2.24, 2.45) is 0 Å². The zero-order valence-electron chi connectivity index (χ0n) is 16.8. The first-order valence-electron chi connectivity index (χ1n) is 9.46. The first-order valence-corrected chi connectivity index (χ1v) is 12.2. The molecular weight excluding hydrogens is 416 g/mol. The Bertz CT molecular complexity index is 1100. The minimum Gasteiger partial charge on any atom is -0.324 e. The predicted octanol–water partition coefficient (Wildman–Crippen LogP) is 4.25. The van der Waals surface area contributed by atoms with E-state index in [4.69, 9.17) is 0 Å². The van der Waals surface area contributed by atoms with Crippen LogP contribution < -0.4 is 10.0 Å². The molecule has 3 rings (SSSR count). The van der Waals surface area contributed by atoms with Crippen LogP contribution in [0.1, 0.15) is 11.1 Å². The molecule has 156 valence electrons. The van der Waals surface area contributed by atoms with Gasteiger partial charge in [-0.05, 0) is 49.4 Å². The van der Waals surface area contributed by atoms with Crippen molar-refractivity contribution in [3.8, 4) is 0 Å². The topological polar surface area (TPSA) is 75.3 Å². The van der Waals surface area contributed by atoms with E-state index >= 15 is 0 Å². The number of sulfonamides is 1. The summed E-state index contributed by atoms with van der Waals surface area (Å²) in [5.41, 5.74) is 2.48. The summed E-state index contributed by atoms with van der Waals surface area (Å²) in [4.78, 5) is 14.1. The summed E-state index contributed by atoms with van der Waals surface area (Å²) >= 11 is 1.51. The molecule has 0 saturated heterocycles. The van der Waals surface area contributed by atoms with Gasteiger partial charge in [0.25, 0.3) is 0 Å². The predicted molar refractivity (Wildman–Crippen MR) is 122 cm³/mol. The number of rotatable bonds is 8. The van der Waals surface area contributed by atoms with E-state index in [0.717, 1.165) is 16.0 Å². The smallest absolute Gasteiger partial charge is 0.242 e. The van der Waals surface area contributed by atoms with Crippen LogP contribution in [0.4, 0.5) is 5.69 Å². The van der Waals surface area contributed by atoms with Crippen molar-refractivity contribution < 1.29 is 13.2 Å². The fourth-order valence-corrected chi connectivity index (χ4v) is 4.73. The van der Waals surface area contributed by atoms with Crippen LogP contribution in [0.2, 0.25) is 0 Å². The first kappa shape index (κ1) is 22.1. The summed E-state index contributed by atoms with van der Waals surface area (Å²) in [6.07, 6.45) is 2.16. The maximum Gasteiger partial charge on any atom is 0.242 e. The SMILES string of the molecule is CSc1ccccc1NC(=O)[C@H](Cc1ccccc1)NS(=O)(=O)c1ccc(C)cc1. The fraction of sp³-hybridized carbons (Fsp3) is 0.174. The second-order valence-corrected chi connectivity index (χ2v) is 9.43. The zero-order valence-corrected chi connectivity index (χ0v) is 18.5. The molecule has 0 spiro atoms. The number of nitrogens with one attached hydrogen (secondary N) is 2. The highest BCUT2D eigenvalue weighted by Crippen LogP contribution is 2.25. The number of benzene rings is 3. The van der Waals surface area contributed by atoms with Gasteiger partial charge in [-0.25, -0.2) is 8.42 Å². The monoisotopic (exact) mass is 440 g/mol. The lowest BCUT2D eigenvalue weighted by Crippen LogP contribution is -2.45. The van der Waals surface area contributed by atoms with Crippen LogP contribution >= 0.6 is 11.8 Å². The highest BCUT2D eigenvalue weighted by atomic mass is 32.2. The Morgan fingerprint density at radius 2 is 1.57 bits per heavy atom. The molecule has 0 saturated carbocycles. The largest absolute Gasteiger partial charge is 0.324 e. The number of thioether (sulfide) groups is 1. The lowest BCUT2D eigenvalue weighted by Gasteiger charge is -2.20. The summed E-state index contributed by atoms with van der Waals surface area (Å²) in [5, 5.41) is 2.88. The van der Waals surface area contributed by atoms with E-state index in [9.17, 15) is 13.2 Å². The molecule has 0 fully saturated rings. The normalized spacial score (nSPS) is 12.3. The second-order valence-electron chi connectivity index (χ2n) is 6.87. The molecule has 1 atom stereocenters. The number of anilines is 1. The summed E-state index contributed by atoms with van der Waals surface area (Å²) < 4.78 is 28.4. The summed E-state index contributed by atoms with van der Waals surface area (Å²) in [7, 11) is -3.87. The maximum atomic E-state index is 13.1. The van der Waals surface area contributed by atoms with Crippen LogP contribution in [0.3, 0.4) is 0 Å². The van der Waals surface area contributed by atoms with Gasteiger partial charge in [-0.3, -0.25) is 4.79 Å². The Labute approximate surface area is 182 Å². The molecule has 30 heavy (non-hydrogen) atoms. The lowest BCUT2D eigenvalue weighted by atomic mass is 10.1. The molecule has 0 unspecified atom stereocenters. The van der Waals surface area contributed by atoms with E-state index in [1.165, 1.54) is 23.9 Å². The maximum absolute atomic E-state index is 13.1. The van der Waals surface area contributed by atoms with Gasteiger partial charge in [0.15, 0.2) is 0 Å². The fourth-order valence-electron chi connectivity index (χ4n) is 2.98. The zero-order chi connectivity index (χ0) is 21.6. The van der Waals surface area contributed by atoms with Gasteiger partial charge in [-0.1, -0.05) is 60.2 Å². The van der Waals surface area contributed by atoms with Gasteiger partial charge >= 0.3 is 0 Å². The number of hydrogen-bond acceptors (Lipinski definition) is 4. The van der Waals surface area contributed by atoms with Gasteiger partial charge < -0.3 is 5.32 Å². The summed E-state index contributed by atoms with van der Waals surface area (Å²) in [5.74, 6) is -0.406. The van der Waals surface area contributed by atoms with Crippen molar-refractivity contribution in [1.29, 1.82) is 0 Å². The Morgan fingerprint density at radius 1 is 0.933 bits per heavy atom. The minimum atomic E-state index is -3.87. The van der Waals surface area contributed by atoms with Crippen molar-refractivity contribution in [1.82, 2.24) is 4.72 Å². The number of aryl methyl sites for hydroxylation is 1. The van der Waals surface area contributed by atoms with E-state index < -0.39 is 22.0 Å². The van der Waals surface area contributed by atoms with Crippen molar-refractivity contribution in [2.45, 2.75) is 29.2 Å². The van der Waals surface area contributed by atoms with E-state index in [0.29, 0.717) is 5.69 Å². The second kappa shape index (κ2) is 9.93. The third kappa shape index (κ3) is 5.72. The van der Waals surface area contributed by atoms with Crippen LogP contribution in [0.15, 0.2) is 88.7 Å². The first-order chi connectivity index (χ1) is 14.4. The summed E-state index contributed by atoms with van der Waals surface area (Å²) in [6.45, 7) is 1.89. The van der Waals surface area contributed by atoms with Crippen LogP contribution in [0, 0.1) is 6.92 Å². The number of hydrogen-bond donors (Lipinski definition) is 2. The van der Waals surface area contributed by atoms with E-state index in [1.54, 1.807) is 18.2 Å². The number of amides is 1. The van der Waals surface area contributed by atoms with Crippen molar-refractivity contribution in [3.63, 3.8) is 0 Å². The van der Waals surface area contributed by atoms with Gasteiger partial charge in [0.05, 0.1) is 10.6 Å². The van der Waals surface area contributed by atoms with Crippen molar-refractivity contribution in [3.05, 3.63) is 90.0 Å².